The van der Waals surface area contributed by atoms with E-state index < -0.39 is 159 Å². The zero-order valence-electron chi connectivity index (χ0n) is 78.5. The van der Waals surface area contributed by atoms with Crippen molar-refractivity contribution in [1.82, 2.24) is 63.9 Å². The number of rotatable bonds is 28. The summed E-state index contributed by atoms with van der Waals surface area (Å²) in [6, 6.07) is 25.6. The van der Waals surface area contributed by atoms with Gasteiger partial charge in [0, 0.05) is 37.4 Å². The summed E-state index contributed by atoms with van der Waals surface area (Å²) in [6.45, 7) is 20.5. The fraction of sp³-hybridized carbons (Fsp3) is 0.440. The van der Waals surface area contributed by atoms with Gasteiger partial charge in [-0.05, 0) is 44.5 Å². The average molecular weight is 2110 g/mol. The molecule has 7 aromatic heterocycles. The third-order valence-corrected chi connectivity index (χ3v) is 30.1. The molecule has 15 heterocycles. The lowest BCUT2D eigenvalue weighted by Gasteiger charge is -2.36. The van der Waals surface area contributed by atoms with E-state index in [2.05, 4.69) is 88.1 Å². The van der Waals surface area contributed by atoms with Gasteiger partial charge >= 0.3 is 21.7 Å². The number of thiazole rings is 2. The van der Waals surface area contributed by atoms with Crippen LogP contribution in [0.15, 0.2) is 181 Å². The van der Waals surface area contributed by atoms with Crippen LogP contribution >= 0.6 is 69.6 Å². The smallest absolute Gasteiger partial charge is 0.338 e. The molecule has 19 atom stereocenters. The molecule has 18 rings (SSSR count). The molecule has 0 saturated carbocycles. The quantitative estimate of drug-likeness (QED) is 0.00803. The van der Waals surface area contributed by atoms with Crippen molar-refractivity contribution in [2.45, 2.75) is 204 Å². The number of unbranched alkanes of at least 4 members (excludes halogenated alkanes) is 6. The molecule has 10 aromatic rings. The lowest BCUT2D eigenvalue weighted by molar-refractivity contribution is -0.0965. The number of aromatic nitrogens is 12. The number of nitrogens with zero attached hydrogens (tertiary/aromatic N) is 13. The van der Waals surface area contributed by atoms with Gasteiger partial charge in [-0.2, -0.15) is 29.9 Å². The first-order chi connectivity index (χ1) is 68.6. The van der Waals surface area contributed by atoms with E-state index in [1.807, 2.05) is 20.2 Å². The molecule has 8 aliphatic rings. The van der Waals surface area contributed by atoms with Crippen LogP contribution < -0.4 is 69.6 Å². The van der Waals surface area contributed by atoms with Gasteiger partial charge in [0.1, 0.15) is 80.0 Å². The van der Waals surface area contributed by atoms with E-state index in [0.29, 0.717) is 66.0 Å². The van der Waals surface area contributed by atoms with Crippen molar-refractivity contribution in [3.05, 3.63) is 215 Å². The van der Waals surface area contributed by atoms with Crippen molar-refractivity contribution < 1.29 is 98.5 Å². The predicted molar refractivity (Wildman–Crippen MR) is 538 cm³/mol. The number of carbonyl (C=O) groups excluding carboxylic acids is 2. The molecule has 0 amide bonds. The van der Waals surface area contributed by atoms with Crippen molar-refractivity contribution in [3.8, 4) is 0 Å². The van der Waals surface area contributed by atoms with E-state index >= 15 is 0 Å². The van der Waals surface area contributed by atoms with Gasteiger partial charge in [0.15, 0.2) is 70.5 Å². The molecular formula is C91H110ClN21O26S5. The second-order valence-electron chi connectivity index (χ2n) is 35.0. The van der Waals surface area contributed by atoms with Crippen molar-refractivity contribution in [2.24, 2.45) is 16.3 Å². The molecule has 0 radical (unpaired) electrons. The van der Waals surface area contributed by atoms with Crippen molar-refractivity contribution in [3.63, 3.8) is 0 Å². The number of hydrogen-bond donors (Lipinski definition) is 18. The van der Waals surface area contributed by atoms with E-state index in [0.717, 1.165) is 58.7 Å². The zero-order chi connectivity index (χ0) is 104. The number of thioether (sulfide) groups is 3. The van der Waals surface area contributed by atoms with Crippen LogP contribution in [-0.4, -0.2) is 278 Å². The molecular weight excluding hydrogens is 2000 g/mol. The summed E-state index contributed by atoms with van der Waals surface area (Å²) in [7, 11) is 3.68. The van der Waals surface area contributed by atoms with Crippen LogP contribution in [0.3, 0.4) is 0 Å². The molecule has 0 spiro atoms. The molecule has 8 aliphatic heterocycles. The number of hydrogen-bond acceptors (Lipinski definition) is 45. The third kappa shape index (κ3) is 22.4. The minimum atomic E-state index is -1.70. The number of esters is 2. The van der Waals surface area contributed by atoms with Gasteiger partial charge in [0.25, 0.3) is 28.2 Å². The number of aliphatic imine (C=N–C) groups is 1. The zero-order valence-corrected chi connectivity index (χ0v) is 83.3. The van der Waals surface area contributed by atoms with Gasteiger partial charge < -0.3 is 117 Å². The molecule has 0 aliphatic carbocycles. The standard InChI is InChI=1S/C33H28N4O8S.C19H30N4O5S.C14H18ClN5O3S.C13H18N4O5S.C12H16N4O5S/c1-19(20-12-6-3-7-13-20)45-33(2)25(44-29(40)22-16-10-5-11-17-22)23(18-42-28(39)21-14-8-4-9-15-21)43-30(33)37-26-24(46-32(37)41)27(38)36-31(34)35-26;1-2-3-4-5-6-7-8-9-11-12(10-24)28-17(13(11)25)23-15-14(29-19(23)27)16(26)22-18(20)21-15;1-7-20(10-4-8(22)9(5-21)23-10)13-11(24-7)12(15)17-14(18-13)16-6-19(2)3;1-5-17(9-7(23-5)10(21)16-12(14)15-9)11-8(20)13(2,4-19)6(3-18)22-11;1-4-16(8-6(22-4)9(19)15-11(13)14-8)10-12(2,20)7(18)5(3-17)21-10/h3-17,23,25,30H,1,18H2,2H3,(H3,34,35,36,38);11-13,17,24-25H,2-10H2,1H3,(H3,20,21,22,26);6,8-10,21-22H,1,4-5H2,2-3H3;6,8,11,18-20H,1,3-4H2,2H3,(H3,14,15,16,21);5,7,10,17-18,20H,1,3H2,2H3,(H3,13,14,15,19)/t23-,25-,30-,33-;11-,12+,13+,17+;8-,9+,10+;6-,8+,11-,13-;5-,7-,10-,12-/m10011/s1. The summed E-state index contributed by atoms with van der Waals surface area (Å²) in [5.41, 5.74) is 17.4. The Morgan fingerprint density at radius 3 is 1.60 bits per heavy atom. The number of H-pyrrole nitrogens is 4. The first-order valence-corrected chi connectivity index (χ1v) is 49.6. The molecule has 0 unspecified atom stereocenters. The molecule has 53 heteroatoms. The number of halogens is 1. The van der Waals surface area contributed by atoms with Crippen LogP contribution in [-0.2, 0) is 37.9 Å². The van der Waals surface area contributed by atoms with Crippen LogP contribution in [0.4, 0.5) is 47.2 Å². The van der Waals surface area contributed by atoms with E-state index in [1.54, 1.807) is 115 Å². The predicted octanol–water partition coefficient (Wildman–Crippen LogP) is 4.47. The summed E-state index contributed by atoms with van der Waals surface area (Å²) in [4.78, 5) is 147. The summed E-state index contributed by atoms with van der Waals surface area (Å²) in [5, 5.41) is 101. The highest BCUT2D eigenvalue weighted by atomic mass is 35.5. The Kier molecular flexibility index (Phi) is 34.3. The monoisotopic (exact) mass is 2110 g/mol. The Hall–Kier alpha value is -11.8. The molecule has 22 N–H and O–H groups in total. The normalized spacial score (nSPS) is 26.5. The summed E-state index contributed by atoms with van der Waals surface area (Å²) >= 11 is 11.1. The number of ether oxygens (including phenoxy) is 8. The first-order valence-electron chi connectivity index (χ1n) is 45.2. The van der Waals surface area contributed by atoms with E-state index in [-0.39, 0.29) is 122 Å². The van der Waals surface area contributed by atoms with E-state index in [4.69, 9.17) is 72.4 Å². The van der Waals surface area contributed by atoms with Crippen LogP contribution in [0, 0.1) is 11.3 Å². The highest BCUT2D eigenvalue weighted by Gasteiger charge is 2.62. The molecule has 772 valence electrons. The highest BCUT2D eigenvalue weighted by molar-refractivity contribution is 8.04. The largest absolute Gasteiger partial charge is 0.479 e. The maximum absolute atomic E-state index is 13.5. The van der Waals surface area contributed by atoms with Gasteiger partial charge in [-0.25, -0.2) is 14.6 Å². The topological polar surface area (TPSA) is 692 Å². The Morgan fingerprint density at radius 2 is 1.06 bits per heavy atom. The molecule has 5 fully saturated rings. The molecule has 144 heavy (non-hydrogen) atoms. The van der Waals surface area contributed by atoms with Gasteiger partial charge in [-0.15, -0.1) is 0 Å². The van der Waals surface area contributed by atoms with Gasteiger partial charge in [-0.3, -0.25) is 72.5 Å². The van der Waals surface area contributed by atoms with Gasteiger partial charge in [0.2, 0.25) is 23.8 Å². The average Bonchev–Trinajstić information content (AvgIpc) is 1.56. The lowest BCUT2D eigenvalue weighted by Crippen LogP contribution is -2.52. The fourth-order valence-electron chi connectivity index (χ4n) is 17.3. The number of aromatic amines is 4. The van der Waals surface area contributed by atoms with Gasteiger partial charge in [0.05, 0.1) is 88.8 Å². The third-order valence-electron chi connectivity index (χ3n) is 24.8. The van der Waals surface area contributed by atoms with E-state index in [1.165, 1.54) is 58.7 Å². The maximum Gasteiger partial charge on any atom is 0.338 e. The lowest BCUT2D eigenvalue weighted by atomic mass is 9.81. The highest BCUT2D eigenvalue weighted by Crippen LogP contribution is 2.54. The number of nitrogens with one attached hydrogen (secondary N) is 4. The summed E-state index contributed by atoms with van der Waals surface area (Å²) < 4.78 is 49.9. The fourth-order valence-corrected chi connectivity index (χ4v) is 21.9. The number of carbonyl (C=O) groups is 2. The molecule has 3 aromatic carbocycles. The van der Waals surface area contributed by atoms with Crippen molar-refractivity contribution in [1.29, 1.82) is 0 Å². The van der Waals surface area contributed by atoms with Crippen molar-refractivity contribution in [2.75, 3.05) is 91.4 Å². The SMILES string of the molecule is C=C(O[C@]1(C)[C@H](OC(=O)c2ccccc2)[C@@H](COC(=O)c2ccccc2)O[C@H]1n1c(=O)sc2c(=O)[nH]c(N)nc21)c1ccccc1.C=C1Sc2c(Cl)nc(N=CN(C)C)nc2N1[C@H]1C[C@H](O)[C@@H](CO)O1.C=C1Sc2c(nc(N)[nH]c2=O)N1[C@@H]1O[C@H](CO)[C@@H](O)[C@@]1(C)O.C=C1Sc2c(nc(N)[nH]c2=O)N1[C@@H]1O[C@H](CO)[C@@](C)(CO)[C@H]1O.CCCCCCCCC[C@@H]1[C@@H](O)[C@H](n2c(=O)sc3c(=O)[nH]c(N)nc32)O[C@@H]1CO. The summed E-state index contributed by atoms with van der Waals surface area (Å²) in [6.07, 6.45) is -3.69. The number of aliphatic hydroxyl groups excluding tert-OH is 9. The Labute approximate surface area is 844 Å². The Bertz CT molecular complexity index is 6800. The minimum Gasteiger partial charge on any atom is -0.479 e. The van der Waals surface area contributed by atoms with Crippen molar-refractivity contribution >= 4 is 161 Å². The summed E-state index contributed by atoms with van der Waals surface area (Å²) in [5.74, 6) is -0.732. The van der Waals surface area contributed by atoms with Crippen LogP contribution in [0.1, 0.15) is 124 Å². The second kappa shape index (κ2) is 45.8. The molecule has 47 nitrogen and oxygen atoms in total. The number of nitrogens with two attached hydrogens (primary N) is 4. The maximum atomic E-state index is 13.5. The van der Waals surface area contributed by atoms with Crippen LogP contribution in [0.2, 0.25) is 5.15 Å². The molecule has 5 saturated heterocycles. The first kappa shape index (κ1) is 108. The Balaban J connectivity index is 0.000000148. The number of benzene rings is 3. The van der Waals surface area contributed by atoms with Gasteiger partial charge in [-0.1, -0.05) is 221 Å². The second-order valence-corrected chi connectivity index (χ2v) is 40.6. The number of aliphatic hydroxyl groups is 10. The van der Waals surface area contributed by atoms with Crippen LogP contribution in [0.5, 0.6) is 0 Å². The minimum absolute atomic E-state index is 0.00354. The van der Waals surface area contributed by atoms with Crippen LogP contribution in [0.25, 0.3) is 26.5 Å². The molecule has 0 bridgehead atoms. The number of anilines is 7. The number of nitrogen functional groups attached to an aromatic ring is 4. The number of fused-ring (bicyclic) bond motifs is 5. The van der Waals surface area contributed by atoms with E-state index in [9.17, 15) is 89.4 Å². The Morgan fingerprint density at radius 1 is 0.569 bits per heavy atom.